The van der Waals surface area contributed by atoms with Crippen LogP contribution in [0.25, 0.3) is 10.8 Å². The Hall–Kier alpha value is -3.24. The second-order valence-corrected chi connectivity index (χ2v) is 6.65. The van der Waals surface area contributed by atoms with Crippen LogP contribution in [-0.4, -0.2) is 10.1 Å². The van der Waals surface area contributed by atoms with Gasteiger partial charge in [0.1, 0.15) is 5.75 Å². The molecule has 0 saturated heterocycles. The average molecular weight is 377 g/mol. The highest BCUT2D eigenvalue weighted by molar-refractivity contribution is 6.31. The zero-order valence-corrected chi connectivity index (χ0v) is 15.1. The van der Waals surface area contributed by atoms with Gasteiger partial charge in [-0.15, -0.1) is 0 Å². The standard InChI is InChI=1S/C22H17ClN2O2/c23-17-8-4-3-7-16(17)22(25-18-13-24-12-11-19(18)26)21-15-6-2-1-5-14(15)9-10-20(21)27/h1-13,22,25,27H,(H,24,26). The van der Waals surface area contributed by atoms with Gasteiger partial charge >= 0.3 is 0 Å². The van der Waals surface area contributed by atoms with Crippen LogP contribution in [0.4, 0.5) is 5.69 Å². The molecule has 27 heavy (non-hydrogen) atoms. The first-order valence-electron chi connectivity index (χ1n) is 8.54. The smallest absolute Gasteiger partial charge is 0.204 e. The van der Waals surface area contributed by atoms with E-state index < -0.39 is 6.04 Å². The number of benzene rings is 3. The third-order valence-corrected chi connectivity index (χ3v) is 4.92. The predicted octanol–water partition coefficient (Wildman–Crippen LogP) is 5.09. The maximum atomic E-state index is 12.3. The van der Waals surface area contributed by atoms with Crippen molar-refractivity contribution >= 4 is 28.1 Å². The highest BCUT2D eigenvalue weighted by atomic mass is 35.5. The van der Waals surface area contributed by atoms with Gasteiger partial charge in [0.05, 0.1) is 11.7 Å². The molecule has 3 aromatic carbocycles. The molecule has 4 aromatic rings. The molecule has 1 heterocycles. The molecule has 4 rings (SSSR count). The Kier molecular flexibility index (Phi) is 4.57. The summed E-state index contributed by atoms with van der Waals surface area (Å²) in [5, 5.41) is 16.4. The van der Waals surface area contributed by atoms with Crippen molar-refractivity contribution in [2.24, 2.45) is 0 Å². The summed E-state index contributed by atoms with van der Waals surface area (Å²) >= 11 is 6.47. The number of fused-ring (bicyclic) bond motifs is 1. The maximum absolute atomic E-state index is 12.3. The third-order valence-electron chi connectivity index (χ3n) is 4.58. The Bertz CT molecular complexity index is 1170. The van der Waals surface area contributed by atoms with E-state index in [0.29, 0.717) is 16.3 Å². The minimum absolute atomic E-state index is 0.137. The summed E-state index contributed by atoms with van der Waals surface area (Å²) in [6, 6.07) is 19.7. The van der Waals surface area contributed by atoms with E-state index in [1.807, 2.05) is 48.5 Å². The number of H-pyrrole nitrogens is 1. The van der Waals surface area contributed by atoms with E-state index in [9.17, 15) is 9.90 Å². The van der Waals surface area contributed by atoms with E-state index >= 15 is 0 Å². The Morgan fingerprint density at radius 3 is 2.56 bits per heavy atom. The Morgan fingerprint density at radius 2 is 1.74 bits per heavy atom. The normalized spacial score (nSPS) is 12.0. The lowest BCUT2D eigenvalue weighted by atomic mass is 9.92. The fraction of sp³-hybridized carbons (Fsp3) is 0.0455. The molecule has 4 nitrogen and oxygen atoms in total. The second-order valence-electron chi connectivity index (χ2n) is 6.24. The number of phenolic OH excluding ortho intramolecular Hbond substituents is 1. The molecule has 0 radical (unpaired) electrons. The van der Waals surface area contributed by atoms with E-state index in [-0.39, 0.29) is 11.2 Å². The highest BCUT2D eigenvalue weighted by Gasteiger charge is 2.23. The SMILES string of the molecule is O=c1cc[nH]cc1NC(c1ccccc1Cl)c1c(O)ccc2ccccc12. The zero-order valence-electron chi connectivity index (χ0n) is 14.3. The lowest BCUT2D eigenvalue weighted by Gasteiger charge is -2.24. The lowest BCUT2D eigenvalue weighted by Crippen LogP contribution is -2.18. The summed E-state index contributed by atoms with van der Waals surface area (Å²) in [4.78, 5) is 15.2. The number of anilines is 1. The molecule has 1 atom stereocenters. The van der Waals surface area contributed by atoms with E-state index in [1.54, 1.807) is 24.5 Å². The number of aromatic hydroxyl groups is 1. The fourth-order valence-electron chi connectivity index (χ4n) is 3.29. The fourth-order valence-corrected chi connectivity index (χ4v) is 3.53. The number of hydrogen-bond donors (Lipinski definition) is 3. The van der Waals surface area contributed by atoms with Crippen LogP contribution in [0.2, 0.25) is 5.02 Å². The Balaban J connectivity index is 1.97. The molecule has 1 unspecified atom stereocenters. The van der Waals surface area contributed by atoms with Gasteiger partial charge in [0.25, 0.3) is 0 Å². The molecule has 0 amide bonds. The summed E-state index contributed by atoms with van der Waals surface area (Å²) in [5.41, 5.74) is 1.69. The van der Waals surface area contributed by atoms with Crippen molar-refractivity contribution in [3.63, 3.8) is 0 Å². The van der Waals surface area contributed by atoms with E-state index in [4.69, 9.17) is 11.6 Å². The molecule has 0 aliphatic carbocycles. The van der Waals surface area contributed by atoms with E-state index in [2.05, 4.69) is 10.3 Å². The van der Waals surface area contributed by atoms with Crippen molar-refractivity contribution in [3.8, 4) is 5.75 Å². The van der Waals surface area contributed by atoms with Crippen LogP contribution in [0.15, 0.2) is 83.9 Å². The molecule has 0 fully saturated rings. The van der Waals surface area contributed by atoms with Gasteiger partial charge < -0.3 is 15.4 Å². The summed E-state index contributed by atoms with van der Waals surface area (Å²) in [5.74, 6) is 0.137. The van der Waals surface area contributed by atoms with Crippen molar-refractivity contribution in [3.05, 3.63) is 105 Å². The molecule has 0 aliphatic rings. The molecule has 3 N–H and O–H groups in total. The van der Waals surface area contributed by atoms with Gasteiger partial charge in [0.15, 0.2) is 0 Å². The largest absolute Gasteiger partial charge is 0.508 e. The van der Waals surface area contributed by atoms with Crippen molar-refractivity contribution in [1.82, 2.24) is 4.98 Å². The van der Waals surface area contributed by atoms with Gasteiger partial charge in [0, 0.05) is 29.0 Å². The van der Waals surface area contributed by atoms with Crippen molar-refractivity contribution in [1.29, 1.82) is 0 Å². The summed E-state index contributed by atoms with van der Waals surface area (Å²) in [7, 11) is 0. The summed E-state index contributed by atoms with van der Waals surface area (Å²) in [6.07, 6.45) is 3.18. The molecular formula is C22H17ClN2O2. The number of phenols is 1. The van der Waals surface area contributed by atoms with Gasteiger partial charge in [-0.1, -0.05) is 60.1 Å². The van der Waals surface area contributed by atoms with Crippen LogP contribution in [-0.2, 0) is 0 Å². The first-order valence-corrected chi connectivity index (χ1v) is 8.91. The van der Waals surface area contributed by atoms with E-state index in [0.717, 1.165) is 16.3 Å². The number of rotatable bonds is 4. The first-order chi connectivity index (χ1) is 13.1. The number of hydrogen-bond acceptors (Lipinski definition) is 3. The van der Waals surface area contributed by atoms with Gasteiger partial charge in [-0.2, -0.15) is 0 Å². The number of pyridine rings is 1. The summed E-state index contributed by atoms with van der Waals surface area (Å²) < 4.78 is 0. The lowest BCUT2D eigenvalue weighted by molar-refractivity contribution is 0.468. The van der Waals surface area contributed by atoms with Gasteiger partial charge in [-0.05, 0) is 28.5 Å². The Morgan fingerprint density at radius 1 is 0.963 bits per heavy atom. The number of halogens is 1. The van der Waals surface area contributed by atoms with Crippen LogP contribution in [0, 0.1) is 0 Å². The molecule has 1 aromatic heterocycles. The minimum Gasteiger partial charge on any atom is -0.508 e. The topological polar surface area (TPSA) is 65.1 Å². The number of aromatic amines is 1. The van der Waals surface area contributed by atoms with E-state index in [1.165, 1.54) is 6.07 Å². The molecular weight excluding hydrogens is 360 g/mol. The molecule has 134 valence electrons. The van der Waals surface area contributed by atoms with Crippen molar-refractivity contribution < 1.29 is 5.11 Å². The van der Waals surface area contributed by atoms with Gasteiger partial charge in [-0.25, -0.2) is 0 Å². The third kappa shape index (κ3) is 3.27. The molecule has 0 aliphatic heterocycles. The average Bonchev–Trinajstić information content (AvgIpc) is 2.69. The van der Waals surface area contributed by atoms with Crippen LogP contribution >= 0.6 is 11.6 Å². The number of aromatic nitrogens is 1. The van der Waals surface area contributed by atoms with Crippen LogP contribution in [0.5, 0.6) is 5.75 Å². The zero-order chi connectivity index (χ0) is 18.8. The van der Waals surface area contributed by atoms with Crippen LogP contribution < -0.4 is 10.7 Å². The Labute approximate surface area is 161 Å². The van der Waals surface area contributed by atoms with Crippen LogP contribution in [0.1, 0.15) is 17.2 Å². The summed E-state index contributed by atoms with van der Waals surface area (Å²) in [6.45, 7) is 0. The number of nitrogens with one attached hydrogen (secondary N) is 2. The quantitative estimate of drug-likeness (QED) is 0.465. The molecule has 0 bridgehead atoms. The monoisotopic (exact) mass is 376 g/mol. The second kappa shape index (κ2) is 7.17. The van der Waals surface area contributed by atoms with Gasteiger partial charge in [0.2, 0.25) is 5.43 Å². The van der Waals surface area contributed by atoms with Crippen LogP contribution in [0.3, 0.4) is 0 Å². The van der Waals surface area contributed by atoms with Crippen molar-refractivity contribution in [2.75, 3.05) is 5.32 Å². The minimum atomic E-state index is -0.506. The molecule has 0 saturated carbocycles. The molecule has 0 spiro atoms. The predicted molar refractivity (Wildman–Crippen MR) is 110 cm³/mol. The molecule has 5 heteroatoms. The van der Waals surface area contributed by atoms with Gasteiger partial charge in [-0.3, -0.25) is 4.79 Å². The maximum Gasteiger partial charge on any atom is 0.204 e. The highest BCUT2D eigenvalue weighted by Crippen LogP contribution is 2.39. The first kappa shape index (κ1) is 17.2. The van der Waals surface area contributed by atoms with Crippen molar-refractivity contribution in [2.45, 2.75) is 6.04 Å².